The van der Waals surface area contributed by atoms with Gasteiger partial charge in [0, 0.05) is 48.3 Å². The van der Waals surface area contributed by atoms with Crippen molar-refractivity contribution in [1.29, 1.82) is 0 Å². The van der Waals surface area contributed by atoms with E-state index in [0.29, 0.717) is 33.4 Å². The highest BCUT2D eigenvalue weighted by molar-refractivity contribution is 7.86. The van der Waals surface area contributed by atoms with Crippen LogP contribution in [0.15, 0.2) is 216 Å². The van der Waals surface area contributed by atoms with Gasteiger partial charge in [-0.1, -0.05) is 182 Å². The third-order valence-electron chi connectivity index (χ3n) is 10.0. The molecule has 0 fully saturated rings. The Bertz CT molecular complexity index is 2540. The van der Waals surface area contributed by atoms with Crippen LogP contribution in [0, 0.1) is 0 Å². The molecule has 0 spiro atoms. The van der Waals surface area contributed by atoms with Crippen molar-refractivity contribution in [3.63, 3.8) is 0 Å². The Kier molecular flexibility index (Phi) is 8.72. The summed E-state index contributed by atoms with van der Waals surface area (Å²) < 4.78 is 31.4. The zero-order chi connectivity index (χ0) is 36.5. The van der Waals surface area contributed by atoms with E-state index in [2.05, 4.69) is 24.3 Å². The third kappa shape index (κ3) is 5.63. The van der Waals surface area contributed by atoms with Crippen molar-refractivity contribution in [2.75, 3.05) is 0 Å². The topological polar surface area (TPSA) is 58.9 Å². The second-order valence-electron chi connectivity index (χ2n) is 13.2. The molecule has 0 bridgehead atoms. The van der Waals surface area contributed by atoms with Gasteiger partial charge in [-0.25, -0.2) is 9.98 Å². The van der Waals surface area contributed by atoms with Crippen LogP contribution in [0.5, 0.6) is 0 Å². The molecule has 258 valence electrons. The minimum atomic E-state index is -3.37. The van der Waals surface area contributed by atoms with Crippen LogP contribution >= 0.6 is 14.3 Å². The highest BCUT2D eigenvalue weighted by Crippen LogP contribution is 2.47. The molecular weight excluding hydrogens is 698 g/mol. The maximum absolute atomic E-state index is 15.7. The summed E-state index contributed by atoms with van der Waals surface area (Å²) in [6, 6.07) is 66.6. The van der Waals surface area contributed by atoms with Gasteiger partial charge in [-0.15, -0.1) is 0 Å². The summed E-state index contributed by atoms with van der Waals surface area (Å²) in [6.45, 7) is 0. The summed E-state index contributed by atoms with van der Waals surface area (Å²) in [7, 11) is -6.74. The lowest BCUT2D eigenvalue weighted by molar-refractivity contribution is 0.591. The van der Waals surface area contributed by atoms with Crippen LogP contribution in [0.25, 0.3) is 10.8 Å². The van der Waals surface area contributed by atoms with Gasteiger partial charge in [-0.3, -0.25) is 0 Å². The average molecular weight is 733 g/mol. The Morgan fingerprint density at radius 2 is 0.630 bits per heavy atom. The van der Waals surface area contributed by atoms with E-state index in [-0.39, 0.29) is 0 Å². The average Bonchev–Trinajstić information content (AvgIpc) is 3.54. The van der Waals surface area contributed by atoms with E-state index in [0.717, 1.165) is 43.1 Å². The summed E-state index contributed by atoms with van der Waals surface area (Å²) in [5.41, 5.74) is 4.44. The van der Waals surface area contributed by atoms with Crippen LogP contribution in [-0.2, 0) is 9.13 Å². The first-order chi connectivity index (χ1) is 26.6. The summed E-state index contributed by atoms with van der Waals surface area (Å²) in [5, 5.41) is 6.37. The van der Waals surface area contributed by atoms with Gasteiger partial charge in [0.05, 0.1) is 22.8 Å². The number of hydrogen-bond acceptors (Lipinski definition) is 4. The first kappa shape index (κ1) is 33.6. The van der Waals surface area contributed by atoms with E-state index in [4.69, 9.17) is 9.98 Å². The zero-order valence-corrected chi connectivity index (χ0v) is 31.0. The molecule has 0 atom stereocenters. The molecule has 54 heavy (non-hydrogen) atoms. The van der Waals surface area contributed by atoms with E-state index in [1.807, 2.05) is 182 Å². The molecule has 4 nitrogen and oxygen atoms in total. The largest absolute Gasteiger partial charge is 0.309 e. The third-order valence-corrected chi connectivity index (χ3v) is 16.2. The van der Waals surface area contributed by atoms with E-state index in [9.17, 15) is 0 Å². The summed E-state index contributed by atoms with van der Waals surface area (Å²) >= 11 is 0. The lowest BCUT2D eigenvalue weighted by Crippen LogP contribution is -2.26. The molecule has 1 aliphatic rings. The van der Waals surface area contributed by atoms with Gasteiger partial charge in [-0.05, 0) is 29.7 Å². The van der Waals surface area contributed by atoms with Gasteiger partial charge < -0.3 is 9.13 Å². The van der Waals surface area contributed by atoms with Crippen molar-refractivity contribution in [3.8, 4) is 0 Å². The Morgan fingerprint density at radius 1 is 0.315 bits per heavy atom. The quantitative estimate of drug-likeness (QED) is 0.146. The zero-order valence-electron chi connectivity index (χ0n) is 29.2. The molecule has 9 rings (SSSR count). The smallest absolute Gasteiger partial charge is 0.173 e. The van der Waals surface area contributed by atoms with E-state index < -0.39 is 14.3 Å². The Balaban J connectivity index is 1.30. The van der Waals surface area contributed by atoms with Gasteiger partial charge in [-0.2, -0.15) is 0 Å². The van der Waals surface area contributed by atoms with Crippen LogP contribution in [0.2, 0.25) is 0 Å². The fourth-order valence-electron chi connectivity index (χ4n) is 7.51. The number of nitrogens with zero attached hydrogens (tertiary/aromatic N) is 2. The molecule has 8 aromatic carbocycles. The van der Waals surface area contributed by atoms with Crippen molar-refractivity contribution < 1.29 is 9.13 Å². The molecular formula is C48H34N2O2P2. The monoisotopic (exact) mass is 732 g/mol. The fraction of sp³-hybridized carbons (Fsp3) is 0. The first-order valence-corrected chi connectivity index (χ1v) is 21.3. The molecule has 0 saturated heterocycles. The SMILES string of the molecule is O=P(c1ccccc1)(c1ccccc1)c1ccccc1N=C1C(=Nc2ccccc2P(=O)(c2ccccc2)c2ccccc2)c2cccc3cccc1c23. The lowest BCUT2D eigenvalue weighted by Gasteiger charge is -2.22. The molecule has 0 unspecified atom stereocenters. The molecule has 0 N–H and O–H groups in total. The number of para-hydroxylation sites is 2. The van der Waals surface area contributed by atoms with Gasteiger partial charge in [0.15, 0.2) is 14.3 Å². The highest BCUT2D eigenvalue weighted by Gasteiger charge is 2.35. The molecule has 0 amide bonds. The standard InChI is InChI=1S/C48H34N2O2P2/c51-53(36-21-5-1-6-22-36,37-23-7-2-8-24-37)44-33-15-13-31-42(44)49-47-40-29-17-19-35-20-18-30-41(46(35)40)48(47)50-43-32-14-16-34-45(43)54(52,38-25-9-3-10-26-38)39-27-11-4-12-28-39/h1-34H. The molecule has 0 radical (unpaired) electrons. The maximum Gasteiger partial charge on any atom is 0.173 e. The van der Waals surface area contributed by atoms with Gasteiger partial charge in [0.1, 0.15) is 0 Å². The maximum atomic E-state index is 15.7. The Hall–Kier alpha value is -6.18. The molecule has 0 saturated carbocycles. The van der Waals surface area contributed by atoms with Gasteiger partial charge in [0.25, 0.3) is 0 Å². The normalized spacial score (nSPS) is 14.1. The summed E-state index contributed by atoms with van der Waals surface area (Å²) in [5.74, 6) is 0. The van der Waals surface area contributed by atoms with E-state index >= 15 is 9.13 Å². The minimum absolute atomic E-state index is 0.605. The highest BCUT2D eigenvalue weighted by atomic mass is 31.2. The van der Waals surface area contributed by atoms with Gasteiger partial charge >= 0.3 is 0 Å². The minimum Gasteiger partial charge on any atom is -0.309 e. The number of hydrogen-bond donors (Lipinski definition) is 0. The van der Waals surface area contributed by atoms with Crippen molar-refractivity contribution in [1.82, 2.24) is 0 Å². The number of benzene rings is 8. The van der Waals surface area contributed by atoms with E-state index in [1.165, 1.54) is 0 Å². The van der Waals surface area contributed by atoms with Gasteiger partial charge in [0.2, 0.25) is 0 Å². The Labute approximate surface area is 315 Å². The number of rotatable bonds is 8. The van der Waals surface area contributed by atoms with E-state index in [1.54, 1.807) is 0 Å². The van der Waals surface area contributed by atoms with Crippen molar-refractivity contribution >= 4 is 79.7 Å². The lowest BCUT2D eigenvalue weighted by atomic mass is 10.1. The van der Waals surface area contributed by atoms with Crippen LogP contribution in [0.3, 0.4) is 0 Å². The Morgan fingerprint density at radius 3 is 0.981 bits per heavy atom. The van der Waals surface area contributed by atoms with Crippen molar-refractivity contribution in [2.45, 2.75) is 0 Å². The first-order valence-electron chi connectivity index (χ1n) is 17.9. The summed E-state index contributed by atoms with van der Waals surface area (Å²) in [6.07, 6.45) is 0. The molecule has 0 heterocycles. The molecule has 6 heteroatoms. The molecule has 0 aromatic heterocycles. The molecule has 1 aliphatic carbocycles. The van der Waals surface area contributed by atoms with Crippen molar-refractivity contribution in [3.05, 3.63) is 217 Å². The fourth-order valence-corrected chi connectivity index (χ4v) is 13.1. The second kappa shape index (κ2) is 14.0. The predicted molar refractivity (Wildman–Crippen MR) is 228 cm³/mol. The summed E-state index contributed by atoms with van der Waals surface area (Å²) in [4.78, 5) is 10.9. The predicted octanol–water partition coefficient (Wildman–Crippen LogP) is 9.37. The molecule has 0 aliphatic heterocycles. The molecule has 8 aromatic rings. The van der Waals surface area contributed by atoms with Crippen LogP contribution < -0.4 is 31.8 Å². The van der Waals surface area contributed by atoms with Crippen LogP contribution in [0.4, 0.5) is 11.4 Å². The number of aliphatic imine (C=N–C) groups is 2. The van der Waals surface area contributed by atoms with Crippen LogP contribution in [-0.4, -0.2) is 11.4 Å². The second-order valence-corrected chi connectivity index (χ2v) is 18.6. The van der Waals surface area contributed by atoms with Crippen molar-refractivity contribution in [2.24, 2.45) is 9.98 Å². The van der Waals surface area contributed by atoms with Crippen LogP contribution in [0.1, 0.15) is 11.1 Å².